The van der Waals surface area contributed by atoms with Crippen LogP contribution in [0, 0.1) is 17.8 Å². The quantitative estimate of drug-likeness (QED) is 0.112. The van der Waals surface area contributed by atoms with Gasteiger partial charge in [-0.05, 0) is 125 Å². The third-order valence-electron chi connectivity index (χ3n) is 15.9. The molecule has 5 N–H and O–H groups in total. The van der Waals surface area contributed by atoms with Crippen molar-refractivity contribution in [2.45, 2.75) is 198 Å². The summed E-state index contributed by atoms with van der Waals surface area (Å²) in [6, 6.07) is 4.39. The first-order chi connectivity index (χ1) is 34.6. The second-order valence-electron chi connectivity index (χ2n) is 22.3. The van der Waals surface area contributed by atoms with Gasteiger partial charge in [0.1, 0.15) is 42.7 Å². The predicted molar refractivity (Wildman–Crippen MR) is 275 cm³/mol. The number of hydrogen-bond acceptors (Lipinski definition) is 18. The number of aliphatic hydroxyl groups excluding tert-OH is 2. The van der Waals surface area contributed by atoms with Crippen molar-refractivity contribution in [3.63, 3.8) is 0 Å². The number of aliphatic hydroxyl groups is 4. The predicted octanol–water partition coefficient (Wildman–Crippen LogP) is 3.65. The number of carbonyl (C=O) groups is 2. The summed E-state index contributed by atoms with van der Waals surface area (Å²) in [6.07, 6.45) is -5.78. The second kappa shape index (κ2) is 25.9. The van der Waals surface area contributed by atoms with Crippen LogP contribution in [0.5, 0.6) is 0 Å². The number of methoxy groups -OCH3 is 1. The number of carboxylic acids is 1. The maximum atomic E-state index is 14.6. The molecule has 1 aromatic heterocycles. The van der Waals surface area contributed by atoms with Crippen molar-refractivity contribution in [2.75, 3.05) is 61.7 Å². The molecule has 3 aliphatic rings. The number of carboxylic acid groups (broad SMARTS) is 1. The number of likely N-dealkylation sites (N-methyl/N-ethyl adjacent to an activating group) is 2. The highest BCUT2D eigenvalue weighted by atomic mass is 16.7. The maximum Gasteiger partial charge on any atom is 0.341 e. The van der Waals surface area contributed by atoms with Crippen molar-refractivity contribution in [1.29, 1.82) is 0 Å². The van der Waals surface area contributed by atoms with E-state index in [1.165, 1.54) is 25.0 Å². The van der Waals surface area contributed by atoms with Crippen molar-refractivity contribution < 1.29 is 77.9 Å². The lowest BCUT2D eigenvalue weighted by Crippen LogP contribution is -2.61. The molecule has 18 atom stereocenters. The van der Waals surface area contributed by atoms with Gasteiger partial charge in [0, 0.05) is 44.7 Å². The Morgan fingerprint density at radius 2 is 1.62 bits per heavy atom. The van der Waals surface area contributed by atoms with Crippen LogP contribution >= 0.6 is 0 Å². The molecule has 3 aliphatic heterocycles. The lowest BCUT2D eigenvalue weighted by molar-refractivity contribution is -0.321. The number of aromatic nitrogens is 1. The van der Waals surface area contributed by atoms with Crippen LogP contribution in [0.1, 0.15) is 117 Å². The molecule has 0 saturated carbocycles. The summed E-state index contributed by atoms with van der Waals surface area (Å²) in [4.78, 5) is 48.3. The lowest BCUT2D eigenvalue weighted by Gasteiger charge is -2.49. The molecule has 2 aromatic rings. The van der Waals surface area contributed by atoms with E-state index in [0.717, 1.165) is 5.56 Å². The minimum Gasteiger partial charge on any atom is -0.477 e. The molecule has 4 heterocycles. The van der Waals surface area contributed by atoms with E-state index in [9.17, 15) is 39.9 Å². The van der Waals surface area contributed by atoms with Gasteiger partial charge >= 0.3 is 11.9 Å². The molecule has 1 aromatic carbocycles. The van der Waals surface area contributed by atoms with Crippen molar-refractivity contribution >= 4 is 22.8 Å². The highest BCUT2D eigenvalue weighted by molar-refractivity contribution is 5.92. The Balaban J connectivity index is 1.35. The van der Waals surface area contributed by atoms with E-state index in [0.29, 0.717) is 37.9 Å². The minimum absolute atomic E-state index is 0.160. The summed E-state index contributed by atoms with van der Waals surface area (Å²) in [5.41, 5.74) is -4.08. The zero-order valence-corrected chi connectivity index (χ0v) is 46.5. The number of aryl methyl sites for hydroxylation is 1. The Bertz CT molecular complexity index is 2210. The maximum absolute atomic E-state index is 14.6. The van der Waals surface area contributed by atoms with Gasteiger partial charge in [-0.2, -0.15) is 4.73 Å². The average molecular weight is 1050 g/mol. The number of pyridine rings is 1. The summed E-state index contributed by atoms with van der Waals surface area (Å²) in [7, 11) is 8.57. The Kier molecular flexibility index (Phi) is 21.5. The van der Waals surface area contributed by atoms with Gasteiger partial charge in [-0.3, -0.25) is 9.59 Å². The fourth-order valence-electron chi connectivity index (χ4n) is 11.6. The Labute approximate surface area is 437 Å². The molecule has 0 spiro atoms. The number of cyclic esters (lactones) is 1. The first-order valence-electron chi connectivity index (χ1n) is 26.3. The van der Waals surface area contributed by atoms with Crippen LogP contribution in [0.4, 0.5) is 0 Å². The SMILES string of the molecule is CC[C@H]1OC(=O)[C@H](C)[C@@H](O[C@H]2C[C@@](C)(OC)[C@@H](OCCOCCCc3ccc4c(c3)c(=O)c(C(=O)O)cn4OC)[C@H](C)O2)[C@H](C)[C@@H](O[C@@H]2O[C@H](C)C[C@H](N(C)C)[C@H]2O)[C@](C)(O)C[C@@H](C)CN(C)[C@H](C)[C@H](O)[C@]1(C)O. The largest absolute Gasteiger partial charge is 0.477 e. The molecule has 422 valence electrons. The number of rotatable bonds is 17. The fourth-order valence-corrected chi connectivity index (χ4v) is 11.6. The molecule has 0 aliphatic carbocycles. The van der Waals surface area contributed by atoms with E-state index in [1.807, 2.05) is 71.6 Å². The Morgan fingerprint density at radius 1 is 0.932 bits per heavy atom. The van der Waals surface area contributed by atoms with Gasteiger partial charge in [0.2, 0.25) is 5.43 Å². The van der Waals surface area contributed by atoms with Crippen LogP contribution in [-0.4, -0.2) is 204 Å². The first-order valence-corrected chi connectivity index (χ1v) is 26.3. The summed E-state index contributed by atoms with van der Waals surface area (Å²) < 4.78 is 52.6. The topological polar surface area (TPSA) is 247 Å². The number of fused-ring (bicyclic) bond motifs is 1. The lowest BCUT2D eigenvalue weighted by atomic mass is 9.77. The molecule has 0 bridgehead atoms. The summed E-state index contributed by atoms with van der Waals surface area (Å²) >= 11 is 0. The smallest absolute Gasteiger partial charge is 0.341 e. The molecule has 5 rings (SSSR count). The summed E-state index contributed by atoms with van der Waals surface area (Å²) in [5.74, 6) is -4.08. The van der Waals surface area contributed by atoms with Gasteiger partial charge in [0.25, 0.3) is 0 Å². The van der Waals surface area contributed by atoms with Crippen molar-refractivity contribution in [3.05, 3.63) is 45.7 Å². The first kappa shape index (κ1) is 61.5. The van der Waals surface area contributed by atoms with E-state index in [-0.39, 0.29) is 61.5 Å². The molecule has 74 heavy (non-hydrogen) atoms. The van der Waals surface area contributed by atoms with E-state index < -0.39 is 107 Å². The van der Waals surface area contributed by atoms with Crippen LogP contribution in [0.15, 0.2) is 29.2 Å². The molecule has 3 saturated heterocycles. The van der Waals surface area contributed by atoms with Crippen LogP contribution < -0.4 is 10.3 Å². The van der Waals surface area contributed by atoms with Crippen molar-refractivity contribution in [2.24, 2.45) is 17.8 Å². The van der Waals surface area contributed by atoms with Crippen LogP contribution in [0.2, 0.25) is 0 Å². The number of ether oxygens (including phenoxy) is 8. The molecule has 0 radical (unpaired) electrons. The molecule has 20 heteroatoms. The molecule has 0 unspecified atom stereocenters. The van der Waals surface area contributed by atoms with E-state index in [2.05, 4.69) is 0 Å². The van der Waals surface area contributed by atoms with Crippen molar-refractivity contribution in [3.8, 4) is 0 Å². The standard InChI is InChI=1S/C54H89N3O17/c1-16-41-54(10,65)46(60)34(6)56(13)28-30(2)26-52(8,64)47(74-51-44(59)40(55(11)12)24-31(3)70-51)32(4)45(33(5)50(63)72-41)73-42-27-53(9,66-14)48(35(7)71-42)69-23-22-68-21-17-18-36-19-20-39-37(25-36)43(58)38(49(61)62)29-57(39)67-15/h19-20,25,29-35,40-42,44-48,51,59-60,64-65H,16-18,21-24,26-28H2,1-15H3,(H,61,62)/t30-,31-,32+,33-,34-,35+,40+,41-,42+,44-,45+,46+,47-,48+,51+,52-,53-,54-/m1/s1. The molecular weight excluding hydrogens is 963 g/mol. The number of benzene rings is 1. The van der Waals surface area contributed by atoms with Crippen molar-refractivity contribution in [1.82, 2.24) is 14.5 Å². The number of aromatic carboxylic acids is 1. The normalized spacial score (nSPS) is 38.3. The minimum atomic E-state index is -1.84. The fraction of sp³-hybridized carbons (Fsp3) is 0.796. The van der Waals surface area contributed by atoms with Gasteiger partial charge in [-0.15, -0.1) is 0 Å². The van der Waals surface area contributed by atoms with E-state index in [4.69, 9.17) is 42.7 Å². The number of nitrogens with zero attached hydrogens (tertiary/aromatic N) is 3. The Hall–Kier alpha value is -3.35. The highest BCUT2D eigenvalue weighted by Gasteiger charge is 2.53. The molecule has 3 fully saturated rings. The molecule has 0 amide bonds. The molecule has 20 nitrogen and oxygen atoms in total. The summed E-state index contributed by atoms with van der Waals surface area (Å²) in [5, 5.41) is 57.9. The zero-order valence-electron chi connectivity index (χ0n) is 46.5. The monoisotopic (exact) mass is 1050 g/mol. The third-order valence-corrected chi connectivity index (χ3v) is 15.9. The number of esters is 1. The van der Waals surface area contributed by atoms with Gasteiger partial charge in [0.15, 0.2) is 12.6 Å². The molecular formula is C54H89N3O17. The van der Waals surface area contributed by atoms with E-state index in [1.54, 1.807) is 46.9 Å². The van der Waals surface area contributed by atoms with E-state index >= 15 is 0 Å². The van der Waals surface area contributed by atoms with Gasteiger partial charge in [-0.25, -0.2) is 4.79 Å². The van der Waals surface area contributed by atoms with Gasteiger partial charge in [0.05, 0.1) is 71.8 Å². The zero-order chi connectivity index (χ0) is 55.2. The van der Waals surface area contributed by atoms with Crippen LogP contribution in [-0.2, 0) is 49.1 Å². The third kappa shape index (κ3) is 14.2. The van der Waals surface area contributed by atoms with Crippen LogP contribution in [0.25, 0.3) is 10.9 Å². The summed E-state index contributed by atoms with van der Waals surface area (Å²) in [6.45, 7) is 19.1. The Morgan fingerprint density at radius 3 is 2.24 bits per heavy atom. The average Bonchev–Trinajstić information content (AvgIpc) is 3.33. The second-order valence-corrected chi connectivity index (χ2v) is 22.3. The number of carbonyl (C=O) groups excluding carboxylic acids is 1. The van der Waals surface area contributed by atoms with Crippen LogP contribution in [0.3, 0.4) is 0 Å². The highest BCUT2D eigenvalue weighted by Crippen LogP contribution is 2.41. The van der Waals surface area contributed by atoms with Gasteiger partial charge in [-0.1, -0.05) is 26.8 Å². The van der Waals surface area contributed by atoms with Gasteiger partial charge < -0.3 is 78.1 Å². The number of hydrogen-bond donors (Lipinski definition) is 5.